The minimum atomic E-state index is -0.533. The molecule has 0 aliphatic heterocycles. The molecule has 0 amide bonds. The van der Waals surface area contributed by atoms with Crippen LogP contribution in [0.25, 0.3) is 0 Å². The summed E-state index contributed by atoms with van der Waals surface area (Å²) in [7, 11) is 1.62. The predicted molar refractivity (Wildman–Crippen MR) is 41.2 cm³/mol. The fraction of sp³-hybridized carbons (Fsp3) is 0.667. The quantitative estimate of drug-likeness (QED) is 0.529. The van der Waals surface area contributed by atoms with Crippen molar-refractivity contribution >= 4 is 5.78 Å². The van der Waals surface area contributed by atoms with Crippen LogP contribution in [0.15, 0.2) is 12.2 Å². The third-order valence-corrected chi connectivity index (χ3v) is 2.81. The molecule has 2 bridgehead atoms. The van der Waals surface area contributed by atoms with Gasteiger partial charge in [0.05, 0.1) is 0 Å². The van der Waals surface area contributed by atoms with Crippen molar-refractivity contribution in [1.29, 1.82) is 0 Å². The Balaban J connectivity index is 2.36. The number of carbonyl (C=O) groups is 1. The Morgan fingerprint density at radius 1 is 1.73 bits per heavy atom. The molecule has 3 aliphatic carbocycles. The number of hydrogen-bond donors (Lipinski definition) is 0. The molecule has 0 spiro atoms. The van der Waals surface area contributed by atoms with Gasteiger partial charge < -0.3 is 4.74 Å². The van der Waals surface area contributed by atoms with Crippen molar-refractivity contribution in [3.8, 4) is 0 Å². The van der Waals surface area contributed by atoms with E-state index in [0.717, 1.165) is 12.8 Å². The number of rotatable bonds is 1. The number of allylic oxidation sites excluding steroid dienone is 1. The molecule has 3 rings (SSSR count). The van der Waals surface area contributed by atoms with Crippen LogP contribution < -0.4 is 0 Å². The van der Waals surface area contributed by atoms with Crippen LogP contribution in [0.1, 0.15) is 19.3 Å². The highest BCUT2D eigenvalue weighted by atomic mass is 16.5. The van der Waals surface area contributed by atoms with Crippen molar-refractivity contribution in [2.45, 2.75) is 24.9 Å². The lowest BCUT2D eigenvalue weighted by atomic mass is 9.72. The van der Waals surface area contributed by atoms with E-state index in [1.807, 2.05) is 6.08 Å². The van der Waals surface area contributed by atoms with Crippen LogP contribution in [0.4, 0.5) is 0 Å². The molecule has 0 N–H and O–H groups in total. The van der Waals surface area contributed by atoms with Gasteiger partial charge in [-0.1, -0.05) is 6.08 Å². The van der Waals surface area contributed by atoms with E-state index in [1.165, 1.54) is 0 Å². The fourth-order valence-electron chi connectivity index (χ4n) is 1.97. The van der Waals surface area contributed by atoms with Crippen LogP contribution in [0.3, 0.4) is 0 Å². The second-order valence-electron chi connectivity index (χ2n) is 3.38. The third-order valence-electron chi connectivity index (χ3n) is 2.81. The molecule has 3 aliphatic rings. The van der Waals surface area contributed by atoms with Crippen molar-refractivity contribution < 1.29 is 9.53 Å². The van der Waals surface area contributed by atoms with Gasteiger partial charge in [-0.25, -0.2) is 0 Å². The predicted octanol–water partition coefficient (Wildman–Crippen LogP) is 1.31. The molecule has 0 aromatic heterocycles. The number of methoxy groups -OCH3 is 1. The Morgan fingerprint density at radius 2 is 2.55 bits per heavy atom. The summed E-state index contributed by atoms with van der Waals surface area (Å²) in [5.41, 5.74) is -0.533. The van der Waals surface area contributed by atoms with Crippen molar-refractivity contribution in [1.82, 2.24) is 0 Å². The maximum atomic E-state index is 11.4. The molecular formula is C9H12O2. The minimum Gasteiger partial charge on any atom is -0.366 e. The SMILES string of the molecule is CO[C@@]12C=C[C@@H](CC1)CC2=O. The van der Waals surface area contributed by atoms with E-state index in [-0.39, 0.29) is 5.78 Å². The molecule has 2 nitrogen and oxygen atoms in total. The van der Waals surface area contributed by atoms with Crippen molar-refractivity contribution in [3.63, 3.8) is 0 Å². The maximum absolute atomic E-state index is 11.4. The molecule has 0 heterocycles. The van der Waals surface area contributed by atoms with Gasteiger partial charge in [0.15, 0.2) is 5.78 Å². The number of ketones is 1. The third kappa shape index (κ3) is 0.857. The average molecular weight is 152 g/mol. The molecule has 0 aromatic carbocycles. The number of fused-ring (bicyclic) bond motifs is 2. The summed E-state index contributed by atoms with van der Waals surface area (Å²) in [6, 6.07) is 0. The molecule has 11 heavy (non-hydrogen) atoms. The summed E-state index contributed by atoms with van der Waals surface area (Å²) in [5, 5.41) is 0. The van der Waals surface area contributed by atoms with E-state index in [4.69, 9.17) is 4.74 Å². The first-order valence-corrected chi connectivity index (χ1v) is 4.05. The second-order valence-corrected chi connectivity index (χ2v) is 3.38. The Morgan fingerprint density at radius 3 is 2.91 bits per heavy atom. The van der Waals surface area contributed by atoms with Crippen LogP contribution >= 0.6 is 0 Å². The first-order chi connectivity index (χ1) is 5.27. The number of hydrogen-bond acceptors (Lipinski definition) is 2. The monoisotopic (exact) mass is 152 g/mol. The molecular weight excluding hydrogens is 140 g/mol. The molecule has 1 saturated carbocycles. The fourth-order valence-corrected chi connectivity index (χ4v) is 1.97. The van der Waals surface area contributed by atoms with Crippen LogP contribution in [0.2, 0.25) is 0 Å². The first-order valence-electron chi connectivity index (χ1n) is 4.05. The number of ether oxygens (including phenoxy) is 1. The topological polar surface area (TPSA) is 26.3 Å². The van der Waals surface area contributed by atoms with E-state index in [2.05, 4.69) is 6.08 Å². The molecule has 0 radical (unpaired) electrons. The van der Waals surface area contributed by atoms with E-state index in [9.17, 15) is 4.79 Å². The highest BCUT2D eigenvalue weighted by molar-refractivity contribution is 5.91. The van der Waals surface area contributed by atoms with E-state index in [0.29, 0.717) is 12.3 Å². The summed E-state index contributed by atoms with van der Waals surface area (Å²) >= 11 is 0. The summed E-state index contributed by atoms with van der Waals surface area (Å²) < 4.78 is 5.24. The Labute approximate surface area is 66.2 Å². The first kappa shape index (κ1) is 7.04. The zero-order valence-electron chi connectivity index (χ0n) is 6.67. The lowest BCUT2D eigenvalue weighted by Crippen LogP contribution is -2.46. The molecule has 2 atom stereocenters. The van der Waals surface area contributed by atoms with Gasteiger partial charge in [-0.3, -0.25) is 4.79 Å². The van der Waals surface area contributed by atoms with Gasteiger partial charge in [0.25, 0.3) is 0 Å². The van der Waals surface area contributed by atoms with Crippen LogP contribution in [0.5, 0.6) is 0 Å². The standard InChI is InChI=1S/C9H12O2/c1-11-9-4-2-7(3-5-9)6-8(9)10/h2,4,7H,3,5-6H2,1H3/t7-,9-/m0/s1. The summed E-state index contributed by atoms with van der Waals surface area (Å²) in [6.07, 6.45) is 6.73. The lowest BCUT2D eigenvalue weighted by molar-refractivity contribution is -0.141. The van der Waals surface area contributed by atoms with Gasteiger partial charge in [-0.15, -0.1) is 0 Å². The number of carbonyl (C=O) groups excluding carboxylic acids is 1. The van der Waals surface area contributed by atoms with Crippen LogP contribution in [0, 0.1) is 5.92 Å². The van der Waals surface area contributed by atoms with E-state index in [1.54, 1.807) is 7.11 Å². The Hall–Kier alpha value is -0.630. The van der Waals surface area contributed by atoms with Gasteiger partial charge in [0, 0.05) is 13.5 Å². The largest absolute Gasteiger partial charge is 0.366 e. The van der Waals surface area contributed by atoms with Crippen molar-refractivity contribution in [3.05, 3.63) is 12.2 Å². The lowest BCUT2D eigenvalue weighted by Gasteiger charge is -2.38. The summed E-state index contributed by atoms with van der Waals surface area (Å²) in [4.78, 5) is 11.4. The van der Waals surface area contributed by atoms with Gasteiger partial charge in [0.2, 0.25) is 0 Å². The van der Waals surface area contributed by atoms with Gasteiger partial charge in [0.1, 0.15) is 5.60 Å². The average Bonchev–Trinajstić information content (AvgIpc) is 2.07. The molecule has 0 unspecified atom stereocenters. The van der Waals surface area contributed by atoms with Gasteiger partial charge in [-0.2, -0.15) is 0 Å². The highest BCUT2D eigenvalue weighted by Crippen LogP contribution is 2.38. The molecule has 0 saturated heterocycles. The summed E-state index contributed by atoms with van der Waals surface area (Å²) in [5.74, 6) is 0.762. The second kappa shape index (κ2) is 2.18. The van der Waals surface area contributed by atoms with Crippen LogP contribution in [-0.2, 0) is 9.53 Å². The molecule has 2 heteroatoms. The molecule has 60 valence electrons. The van der Waals surface area contributed by atoms with E-state index < -0.39 is 5.60 Å². The highest BCUT2D eigenvalue weighted by Gasteiger charge is 2.43. The Bertz CT molecular complexity index is 220. The number of Topliss-reactive ketones (excluding diaryl/α,β-unsaturated/α-hetero) is 1. The Kier molecular flexibility index (Phi) is 1.39. The summed E-state index contributed by atoms with van der Waals surface area (Å²) in [6.45, 7) is 0. The maximum Gasteiger partial charge on any atom is 0.169 e. The van der Waals surface area contributed by atoms with E-state index >= 15 is 0 Å². The minimum absolute atomic E-state index is 0.263. The smallest absolute Gasteiger partial charge is 0.169 e. The molecule has 1 fully saturated rings. The molecule has 0 aromatic rings. The van der Waals surface area contributed by atoms with Gasteiger partial charge in [-0.05, 0) is 24.8 Å². The van der Waals surface area contributed by atoms with Crippen LogP contribution in [-0.4, -0.2) is 18.5 Å². The zero-order chi connectivity index (χ0) is 7.90. The normalized spacial score (nSPS) is 41.5. The van der Waals surface area contributed by atoms with Gasteiger partial charge >= 0.3 is 0 Å². The zero-order valence-corrected chi connectivity index (χ0v) is 6.67. The van der Waals surface area contributed by atoms with Crippen molar-refractivity contribution in [2.75, 3.05) is 7.11 Å². The van der Waals surface area contributed by atoms with Crippen molar-refractivity contribution in [2.24, 2.45) is 5.92 Å².